The second-order valence-electron chi connectivity index (χ2n) is 10.8. The zero-order chi connectivity index (χ0) is 24.6. The fourth-order valence-electron chi connectivity index (χ4n) is 6.97. The average Bonchev–Trinajstić information content (AvgIpc) is 3.42. The maximum Gasteiger partial charge on any atom is 0.235 e. The van der Waals surface area contributed by atoms with Gasteiger partial charge in [0.1, 0.15) is 17.1 Å². The van der Waals surface area contributed by atoms with Gasteiger partial charge in [0.15, 0.2) is 11.6 Å². The van der Waals surface area contributed by atoms with Crippen molar-refractivity contribution in [2.75, 3.05) is 35.7 Å². The highest BCUT2D eigenvalue weighted by atomic mass is 35.5. The van der Waals surface area contributed by atoms with Crippen molar-refractivity contribution < 1.29 is 14.6 Å². The first-order valence-electron chi connectivity index (χ1n) is 12.7. The zero-order valence-electron chi connectivity index (χ0n) is 20.0. The van der Waals surface area contributed by atoms with Crippen LogP contribution in [0, 0.1) is 17.8 Å². The van der Waals surface area contributed by atoms with Crippen LogP contribution in [-0.4, -0.2) is 59.5 Å². The Bertz CT molecular complexity index is 1220. The van der Waals surface area contributed by atoms with E-state index in [9.17, 15) is 9.90 Å². The number of amides is 1. The number of anilines is 3. The molecule has 2 saturated heterocycles. The summed E-state index contributed by atoms with van der Waals surface area (Å²) in [5.41, 5.74) is 8.52. The molecule has 2 aliphatic carbocycles. The van der Waals surface area contributed by atoms with E-state index >= 15 is 0 Å². The topological polar surface area (TPSA) is 124 Å². The Kier molecular flexibility index (Phi) is 5.12. The second kappa shape index (κ2) is 8.17. The lowest BCUT2D eigenvalue weighted by atomic mass is 9.74. The zero-order valence-corrected chi connectivity index (χ0v) is 20.8. The molecule has 3 aliphatic heterocycles. The standard InChI is InChI=1S/C25H30ClN7O3/c1-36-14-3-5-18-16(7-14)25(24(35)29-18)8-17(25)12-2-4-15-19(6-12)31-32-21(15)30-22-20(26)23(28-11-27-22)33-9-13(34)10-33/h3,5,7,11-13,15,17,19,21,31-32,34H,2,4,6,8-10H2,1H3,(H,29,35)(H,27,28,30)/t12?,15?,17-,19?,21?,25-/m0/s1. The molecular formula is C25H30ClN7O3. The predicted molar refractivity (Wildman–Crippen MR) is 135 cm³/mol. The second-order valence-corrected chi connectivity index (χ2v) is 11.2. The molecule has 1 spiro atoms. The van der Waals surface area contributed by atoms with E-state index in [-0.39, 0.29) is 18.2 Å². The van der Waals surface area contributed by atoms with Gasteiger partial charge in [0.2, 0.25) is 5.91 Å². The van der Waals surface area contributed by atoms with Crippen LogP contribution in [0.3, 0.4) is 0 Å². The Morgan fingerprint density at radius 3 is 2.92 bits per heavy atom. The first-order chi connectivity index (χ1) is 17.5. The predicted octanol–water partition coefficient (Wildman–Crippen LogP) is 1.86. The number of ether oxygens (including phenoxy) is 1. The molecule has 4 fully saturated rings. The van der Waals surface area contributed by atoms with Gasteiger partial charge in [-0.3, -0.25) is 10.2 Å². The lowest BCUT2D eigenvalue weighted by Gasteiger charge is -2.37. The van der Waals surface area contributed by atoms with Gasteiger partial charge in [0, 0.05) is 30.7 Å². The molecule has 2 aromatic rings. The maximum absolute atomic E-state index is 13.1. The molecule has 6 atom stereocenters. The summed E-state index contributed by atoms with van der Waals surface area (Å²) in [6.07, 6.45) is 5.21. The molecule has 0 bridgehead atoms. The Balaban J connectivity index is 1.03. The quantitative estimate of drug-likeness (QED) is 0.409. The van der Waals surface area contributed by atoms with Gasteiger partial charge in [0.25, 0.3) is 0 Å². The van der Waals surface area contributed by atoms with Crippen molar-refractivity contribution >= 4 is 34.8 Å². The minimum Gasteiger partial charge on any atom is -0.497 e. The number of carbonyl (C=O) groups is 1. The summed E-state index contributed by atoms with van der Waals surface area (Å²) in [7, 11) is 1.67. The molecule has 1 aromatic heterocycles. The van der Waals surface area contributed by atoms with Crippen molar-refractivity contribution in [3.8, 4) is 5.75 Å². The van der Waals surface area contributed by atoms with Gasteiger partial charge in [-0.1, -0.05) is 11.6 Å². The molecule has 0 radical (unpaired) electrons. The number of hydrogen-bond acceptors (Lipinski definition) is 9. The summed E-state index contributed by atoms with van der Waals surface area (Å²) >= 11 is 6.63. The third-order valence-corrected chi connectivity index (χ3v) is 9.31. The van der Waals surface area contributed by atoms with E-state index in [1.165, 1.54) is 6.33 Å². The Morgan fingerprint density at radius 1 is 1.25 bits per heavy atom. The smallest absolute Gasteiger partial charge is 0.235 e. The third-order valence-electron chi connectivity index (χ3n) is 8.97. The number of nitrogens with zero attached hydrogens (tertiary/aromatic N) is 3. The highest BCUT2D eigenvalue weighted by Crippen LogP contribution is 2.65. The first-order valence-corrected chi connectivity index (χ1v) is 13.1. The van der Waals surface area contributed by atoms with E-state index in [1.54, 1.807) is 7.11 Å². The van der Waals surface area contributed by atoms with E-state index < -0.39 is 5.41 Å². The number of halogens is 1. The summed E-state index contributed by atoms with van der Waals surface area (Å²) in [6, 6.07) is 6.20. The van der Waals surface area contributed by atoms with E-state index in [0.717, 1.165) is 42.7 Å². The van der Waals surface area contributed by atoms with Gasteiger partial charge >= 0.3 is 0 Å². The number of rotatable bonds is 5. The molecule has 2 saturated carbocycles. The van der Waals surface area contributed by atoms with Crippen molar-refractivity contribution in [1.82, 2.24) is 20.8 Å². The number of fused-ring (bicyclic) bond motifs is 3. The number of nitrogens with one attached hydrogen (secondary N) is 4. The lowest BCUT2D eigenvalue weighted by molar-refractivity contribution is -0.118. The van der Waals surface area contributed by atoms with Crippen molar-refractivity contribution in [1.29, 1.82) is 0 Å². The monoisotopic (exact) mass is 511 g/mol. The molecule has 36 heavy (non-hydrogen) atoms. The van der Waals surface area contributed by atoms with Crippen LogP contribution in [-0.2, 0) is 10.2 Å². The van der Waals surface area contributed by atoms with Crippen LogP contribution < -0.4 is 31.1 Å². The van der Waals surface area contributed by atoms with E-state index in [1.807, 2.05) is 23.1 Å². The normalized spacial score (nSPS) is 34.7. The summed E-state index contributed by atoms with van der Waals surface area (Å²) in [4.78, 5) is 23.7. The maximum atomic E-state index is 13.1. The molecule has 10 nitrogen and oxygen atoms in total. The van der Waals surface area contributed by atoms with E-state index in [0.29, 0.717) is 53.5 Å². The molecule has 11 heteroatoms. The van der Waals surface area contributed by atoms with Gasteiger partial charge in [-0.25, -0.2) is 15.4 Å². The van der Waals surface area contributed by atoms with Gasteiger partial charge in [0.05, 0.1) is 24.8 Å². The molecule has 5 N–H and O–H groups in total. The average molecular weight is 512 g/mol. The van der Waals surface area contributed by atoms with Gasteiger partial charge < -0.3 is 25.4 Å². The van der Waals surface area contributed by atoms with Crippen LogP contribution in [0.25, 0.3) is 0 Å². The summed E-state index contributed by atoms with van der Waals surface area (Å²) < 4.78 is 5.44. The number of aliphatic hydroxyl groups is 1. The molecule has 190 valence electrons. The van der Waals surface area contributed by atoms with E-state index in [2.05, 4.69) is 31.5 Å². The first kappa shape index (κ1) is 22.5. The fourth-order valence-corrected chi connectivity index (χ4v) is 7.25. The van der Waals surface area contributed by atoms with Crippen LogP contribution in [0.4, 0.5) is 17.3 Å². The molecule has 4 unspecified atom stereocenters. The largest absolute Gasteiger partial charge is 0.497 e. The summed E-state index contributed by atoms with van der Waals surface area (Å²) in [6.45, 7) is 1.06. The molecule has 5 aliphatic rings. The van der Waals surface area contributed by atoms with Crippen molar-refractivity contribution in [3.05, 3.63) is 35.1 Å². The highest BCUT2D eigenvalue weighted by molar-refractivity contribution is 6.35. The van der Waals surface area contributed by atoms with Gasteiger partial charge in [-0.15, -0.1) is 0 Å². The number of β-amino-alcohol motifs (C(OH)–C–C–N with tert-alkyl or cyclic N) is 1. The lowest BCUT2D eigenvalue weighted by Crippen LogP contribution is -2.51. The number of hydrogen-bond donors (Lipinski definition) is 5. The Labute approximate surface area is 214 Å². The number of carbonyl (C=O) groups excluding carboxylic acids is 1. The Morgan fingerprint density at radius 2 is 2.11 bits per heavy atom. The molecule has 4 heterocycles. The summed E-state index contributed by atoms with van der Waals surface area (Å²) in [5.74, 6) is 3.39. The number of aliphatic hydroxyl groups excluding tert-OH is 1. The molecular weight excluding hydrogens is 482 g/mol. The van der Waals surface area contributed by atoms with Crippen molar-refractivity contribution in [2.45, 2.75) is 49.4 Å². The number of aromatic nitrogens is 2. The van der Waals surface area contributed by atoms with E-state index in [4.69, 9.17) is 16.3 Å². The van der Waals surface area contributed by atoms with Crippen LogP contribution in [0.2, 0.25) is 5.02 Å². The Hall–Kier alpha value is -2.66. The van der Waals surface area contributed by atoms with Gasteiger partial charge in [-0.05, 0) is 61.3 Å². The molecule has 1 amide bonds. The minimum atomic E-state index is -0.402. The number of hydrazine groups is 1. The van der Waals surface area contributed by atoms with Crippen LogP contribution in [0.5, 0.6) is 5.75 Å². The minimum absolute atomic E-state index is 0.00823. The highest BCUT2D eigenvalue weighted by Gasteiger charge is 2.67. The fraction of sp³-hybridized carbons (Fsp3) is 0.560. The number of benzene rings is 1. The third kappa shape index (κ3) is 3.31. The summed E-state index contributed by atoms with van der Waals surface area (Å²) in [5, 5.41) is 16.7. The van der Waals surface area contributed by atoms with Crippen molar-refractivity contribution in [2.24, 2.45) is 17.8 Å². The van der Waals surface area contributed by atoms with Crippen LogP contribution in [0.15, 0.2) is 24.5 Å². The van der Waals surface area contributed by atoms with Crippen LogP contribution in [0.1, 0.15) is 31.2 Å². The van der Waals surface area contributed by atoms with Crippen LogP contribution >= 0.6 is 11.6 Å². The molecule has 1 aromatic carbocycles. The van der Waals surface area contributed by atoms with Crippen molar-refractivity contribution in [3.63, 3.8) is 0 Å². The van der Waals surface area contributed by atoms with Gasteiger partial charge in [-0.2, -0.15) is 0 Å². The SMILES string of the molecule is COc1ccc2c(c1)[C@]1(C[C@H]1C1CCC3C(C1)NNC3Nc1ncnc(N3CC(O)C3)c1Cl)C(=O)N2. The number of methoxy groups -OCH3 is 1. The molecule has 7 rings (SSSR count).